The predicted octanol–water partition coefficient (Wildman–Crippen LogP) is 1.95. The van der Waals surface area contributed by atoms with E-state index in [9.17, 15) is 4.79 Å². The normalized spacial score (nSPS) is 22.7. The van der Waals surface area contributed by atoms with Crippen molar-refractivity contribution in [1.82, 2.24) is 10.2 Å². The molecule has 3 N–H and O–H groups in total. The van der Waals surface area contributed by atoms with Crippen LogP contribution >= 0.6 is 24.8 Å². The van der Waals surface area contributed by atoms with Gasteiger partial charge in [0.05, 0.1) is 5.41 Å². The molecule has 2 fully saturated rings. The lowest BCUT2D eigenvalue weighted by Gasteiger charge is -2.34. The van der Waals surface area contributed by atoms with Crippen LogP contribution in [0.15, 0.2) is 0 Å². The van der Waals surface area contributed by atoms with Crippen molar-refractivity contribution in [2.45, 2.75) is 51.5 Å². The third kappa shape index (κ3) is 4.48. The molecule has 1 amide bonds. The number of nitrogens with one attached hydrogen (secondary N) is 1. The number of nitrogens with two attached hydrogens (primary N) is 1. The SMILES string of the molecule is CCN1CCC(NC(=O)C2(CN)CCCC2)CC1.Cl.Cl. The standard InChI is InChI=1S/C14H27N3O.2ClH/c1-2-17-9-5-12(6-10-17)16-13(18)14(11-15)7-3-4-8-14;;/h12H,2-11,15H2,1H3,(H,16,18);2*1H. The van der Waals surface area contributed by atoms with Gasteiger partial charge in [0.15, 0.2) is 0 Å². The Morgan fingerprint density at radius 1 is 1.25 bits per heavy atom. The molecule has 0 aromatic heterocycles. The second kappa shape index (κ2) is 9.08. The second-order valence-electron chi connectivity index (χ2n) is 5.87. The highest BCUT2D eigenvalue weighted by molar-refractivity contribution is 5.85. The van der Waals surface area contributed by atoms with Crippen LogP contribution in [0.4, 0.5) is 0 Å². The fraction of sp³-hybridized carbons (Fsp3) is 0.929. The van der Waals surface area contributed by atoms with Gasteiger partial charge in [-0.1, -0.05) is 19.8 Å². The first-order valence-electron chi connectivity index (χ1n) is 7.43. The highest BCUT2D eigenvalue weighted by Gasteiger charge is 2.40. The summed E-state index contributed by atoms with van der Waals surface area (Å²) in [6.07, 6.45) is 6.42. The van der Waals surface area contributed by atoms with Crippen LogP contribution in [0.2, 0.25) is 0 Å². The van der Waals surface area contributed by atoms with Crippen molar-refractivity contribution in [2.75, 3.05) is 26.2 Å². The summed E-state index contributed by atoms with van der Waals surface area (Å²) >= 11 is 0. The van der Waals surface area contributed by atoms with Gasteiger partial charge in [-0.25, -0.2) is 0 Å². The van der Waals surface area contributed by atoms with Gasteiger partial charge in [0.1, 0.15) is 0 Å². The van der Waals surface area contributed by atoms with Gasteiger partial charge in [-0.15, -0.1) is 24.8 Å². The summed E-state index contributed by atoms with van der Waals surface area (Å²) < 4.78 is 0. The van der Waals surface area contributed by atoms with Crippen LogP contribution in [0.25, 0.3) is 0 Å². The zero-order valence-corrected chi connectivity index (χ0v) is 14.0. The fourth-order valence-corrected chi connectivity index (χ4v) is 3.31. The Kier molecular flexibility index (Phi) is 9.07. The minimum atomic E-state index is -0.248. The summed E-state index contributed by atoms with van der Waals surface area (Å²) in [7, 11) is 0. The third-order valence-electron chi connectivity index (χ3n) is 4.80. The predicted molar refractivity (Wildman–Crippen MR) is 87.7 cm³/mol. The van der Waals surface area contributed by atoms with Crippen LogP contribution in [0, 0.1) is 5.41 Å². The van der Waals surface area contributed by atoms with E-state index in [-0.39, 0.29) is 36.1 Å². The Hall–Kier alpha value is -0.0300. The van der Waals surface area contributed by atoms with Gasteiger partial charge in [0.2, 0.25) is 5.91 Å². The van der Waals surface area contributed by atoms with Crippen molar-refractivity contribution in [1.29, 1.82) is 0 Å². The molecular weight excluding hydrogens is 297 g/mol. The number of amides is 1. The van der Waals surface area contributed by atoms with E-state index in [1.165, 1.54) is 0 Å². The largest absolute Gasteiger partial charge is 0.353 e. The highest BCUT2D eigenvalue weighted by Crippen LogP contribution is 2.37. The van der Waals surface area contributed by atoms with Crippen LogP contribution in [-0.2, 0) is 4.79 Å². The summed E-state index contributed by atoms with van der Waals surface area (Å²) in [5.74, 6) is 0.220. The molecule has 2 rings (SSSR count). The van der Waals surface area contributed by atoms with E-state index in [2.05, 4.69) is 17.1 Å². The number of carbonyl (C=O) groups excluding carboxylic acids is 1. The van der Waals surface area contributed by atoms with Gasteiger partial charge < -0.3 is 16.0 Å². The molecular formula is C14H29Cl2N3O. The number of hydrogen-bond acceptors (Lipinski definition) is 3. The Morgan fingerprint density at radius 3 is 2.25 bits per heavy atom. The zero-order chi connectivity index (χ0) is 13.0. The molecule has 0 atom stereocenters. The third-order valence-corrected chi connectivity index (χ3v) is 4.80. The van der Waals surface area contributed by atoms with Gasteiger partial charge in [-0.05, 0) is 32.2 Å². The quantitative estimate of drug-likeness (QED) is 0.830. The van der Waals surface area contributed by atoms with Crippen LogP contribution in [0.5, 0.6) is 0 Å². The maximum Gasteiger partial charge on any atom is 0.227 e. The lowest BCUT2D eigenvalue weighted by Crippen LogP contribution is -2.51. The first-order chi connectivity index (χ1) is 8.70. The summed E-state index contributed by atoms with van der Waals surface area (Å²) in [6, 6.07) is 0.365. The van der Waals surface area contributed by atoms with E-state index in [0.29, 0.717) is 12.6 Å². The van der Waals surface area contributed by atoms with Crippen molar-refractivity contribution >= 4 is 30.7 Å². The monoisotopic (exact) mass is 325 g/mol. The molecule has 0 spiro atoms. The molecule has 1 saturated heterocycles. The Labute approximate surface area is 135 Å². The van der Waals surface area contributed by atoms with E-state index in [4.69, 9.17) is 5.73 Å². The lowest BCUT2D eigenvalue weighted by molar-refractivity contribution is -0.131. The molecule has 20 heavy (non-hydrogen) atoms. The Bertz CT molecular complexity index is 288. The van der Waals surface area contributed by atoms with Crippen LogP contribution in [-0.4, -0.2) is 43.0 Å². The molecule has 120 valence electrons. The molecule has 6 heteroatoms. The minimum Gasteiger partial charge on any atom is -0.353 e. The molecule has 4 nitrogen and oxygen atoms in total. The van der Waals surface area contributed by atoms with Crippen LogP contribution in [0.1, 0.15) is 45.4 Å². The van der Waals surface area contributed by atoms with Crippen molar-refractivity contribution in [2.24, 2.45) is 11.1 Å². The van der Waals surface area contributed by atoms with Crippen LogP contribution in [0.3, 0.4) is 0 Å². The maximum atomic E-state index is 12.4. The van der Waals surface area contributed by atoms with Crippen molar-refractivity contribution in [3.05, 3.63) is 0 Å². The van der Waals surface area contributed by atoms with E-state index < -0.39 is 0 Å². The first-order valence-corrected chi connectivity index (χ1v) is 7.43. The minimum absolute atomic E-state index is 0. The van der Waals surface area contributed by atoms with Gasteiger partial charge >= 0.3 is 0 Å². The summed E-state index contributed by atoms with van der Waals surface area (Å²) in [4.78, 5) is 14.9. The number of nitrogens with zero attached hydrogens (tertiary/aromatic N) is 1. The second-order valence-corrected chi connectivity index (χ2v) is 5.87. The van der Waals surface area contributed by atoms with E-state index in [1.54, 1.807) is 0 Å². The molecule has 0 aromatic carbocycles. The number of hydrogen-bond donors (Lipinski definition) is 2. The summed E-state index contributed by atoms with van der Waals surface area (Å²) in [5.41, 5.74) is 5.60. The molecule has 0 unspecified atom stereocenters. The van der Waals surface area contributed by atoms with E-state index in [0.717, 1.165) is 58.2 Å². The molecule has 1 aliphatic carbocycles. The van der Waals surface area contributed by atoms with Gasteiger partial charge in [-0.2, -0.15) is 0 Å². The number of rotatable bonds is 4. The van der Waals surface area contributed by atoms with Crippen molar-refractivity contribution in [3.63, 3.8) is 0 Å². The summed E-state index contributed by atoms with van der Waals surface area (Å²) in [6.45, 7) is 6.04. The fourth-order valence-electron chi connectivity index (χ4n) is 3.31. The van der Waals surface area contributed by atoms with Crippen molar-refractivity contribution < 1.29 is 4.79 Å². The van der Waals surface area contributed by atoms with E-state index in [1.807, 2.05) is 0 Å². The maximum absolute atomic E-state index is 12.4. The zero-order valence-electron chi connectivity index (χ0n) is 12.4. The average Bonchev–Trinajstić information content (AvgIpc) is 2.89. The molecule has 0 bridgehead atoms. The molecule has 2 aliphatic rings. The molecule has 0 radical (unpaired) electrons. The molecule has 1 saturated carbocycles. The summed E-state index contributed by atoms with van der Waals surface area (Å²) in [5, 5.41) is 3.25. The highest BCUT2D eigenvalue weighted by atomic mass is 35.5. The number of halogens is 2. The Morgan fingerprint density at radius 2 is 1.80 bits per heavy atom. The van der Waals surface area contributed by atoms with E-state index >= 15 is 0 Å². The molecule has 1 heterocycles. The smallest absolute Gasteiger partial charge is 0.227 e. The van der Waals surface area contributed by atoms with Crippen molar-refractivity contribution in [3.8, 4) is 0 Å². The first kappa shape index (κ1) is 20.0. The number of likely N-dealkylation sites (tertiary alicyclic amines) is 1. The number of piperidine rings is 1. The Balaban J connectivity index is 0.00000180. The lowest BCUT2D eigenvalue weighted by atomic mass is 9.84. The number of carbonyl (C=O) groups is 1. The van der Waals surface area contributed by atoms with Gasteiger partial charge in [0, 0.05) is 25.7 Å². The molecule has 1 aliphatic heterocycles. The van der Waals surface area contributed by atoms with Crippen LogP contribution < -0.4 is 11.1 Å². The topological polar surface area (TPSA) is 58.4 Å². The van der Waals surface area contributed by atoms with Gasteiger partial charge in [0.25, 0.3) is 0 Å². The molecule has 0 aromatic rings. The van der Waals surface area contributed by atoms with Gasteiger partial charge in [-0.3, -0.25) is 4.79 Å². The average molecular weight is 326 g/mol.